The summed E-state index contributed by atoms with van der Waals surface area (Å²) < 4.78 is 0. The maximum absolute atomic E-state index is 3.96. The molecule has 1 saturated heterocycles. The molecular weight excluding hydrogens is 232 g/mol. The Bertz CT molecular complexity index is 428. The van der Waals surface area contributed by atoms with Gasteiger partial charge in [-0.1, -0.05) is 35.9 Å². The molecule has 1 aromatic rings. The fraction of sp³-hybridized carbons (Fsp3) is 0.529. The minimum absolute atomic E-state index is 0.784. The monoisotopic (exact) mass is 256 g/mol. The summed E-state index contributed by atoms with van der Waals surface area (Å²) >= 11 is 0. The zero-order chi connectivity index (χ0) is 13.2. The second-order valence-electron chi connectivity index (χ2n) is 6.19. The lowest BCUT2D eigenvalue weighted by Gasteiger charge is -2.19. The molecule has 0 spiro atoms. The van der Waals surface area contributed by atoms with Crippen molar-refractivity contribution in [2.75, 3.05) is 19.6 Å². The molecule has 2 fully saturated rings. The van der Waals surface area contributed by atoms with Crippen LogP contribution in [0.3, 0.4) is 0 Å². The van der Waals surface area contributed by atoms with Gasteiger partial charge in [-0.3, -0.25) is 4.90 Å². The number of fused-ring (bicyclic) bond motifs is 1. The van der Waals surface area contributed by atoms with E-state index in [9.17, 15) is 0 Å². The minimum Gasteiger partial charge on any atom is -0.313 e. The van der Waals surface area contributed by atoms with Crippen molar-refractivity contribution in [3.8, 4) is 0 Å². The summed E-state index contributed by atoms with van der Waals surface area (Å²) in [5.41, 5.74) is 2.72. The van der Waals surface area contributed by atoms with Crippen LogP contribution in [0, 0.1) is 11.8 Å². The molecule has 1 N–H and O–H groups in total. The summed E-state index contributed by atoms with van der Waals surface area (Å²) in [5, 5.41) is 3.69. The Morgan fingerprint density at radius 3 is 2.58 bits per heavy atom. The van der Waals surface area contributed by atoms with E-state index in [1.165, 1.54) is 24.2 Å². The van der Waals surface area contributed by atoms with Crippen LogP contribution in [0.2, 0.25) is 0 Å². The summed E-state index contributed by atoms with van der Waals surface area (Å²) in [6.07, 6.45) is 1.11. The van der Waals surface area contributed by atoms with Crippen molar-refractivity contribution in [1.29, 1.82) is 0 Å². The first-order valence-electron chi connectivity index (χ1n) is 7.38. The van der Waals surface area contributed by atoms with E-state index >= 15 is 0 Å². The molecule has 1 heterocycles. The van der Waals surface area contributed by atoms with Gasteiger partial charge in [0.25, 0.3) is 0 Å². The fourth-order valence-electron chi connectivity index (χ4n) is 3.34. The highest BCUT2D eigenvalue weighted by Crippen LogP contribution is 2.45. The second-order valence-corrected chi connectivity index (χ2v) is 6.19. The van der Waals surface area contributed by atoms with Crippen LogP contribution in [0.5, 0.6) is 0 Å². The molecule has 19 heavy (non-hydrogen) atoms. The highest BCUT2D eigenvalue weighted by Gasteiger charge is 2.54. The molecule has 1 saturated carbocycles. The number of nitrogens with one attached hydrogen (secondary N) is 1. The SMILES string of the molecule is C=C(C)CCNC1C2CN(Cc3ccccc3)CC21. The Hall–Kier alpha value is -1.12. The molecule has 0 amide bonds. The molecule has 2 heteroatoms. The van der Waals surface area contributed by atoms with Crippen molar-refractivity contribution in [1.82, 2.24) is 10.2 Å². The molecule has 2 aliphatic rings. The number of hydrogen-bond acceptors (Lipinski definition) is 2. The van der Waals surface area contributed by atoms with Crippen molar-refractivity contribution < 1.29 is 0 Å². The summed E-state index contributed by atoms with van der Waals surface area (Å²) in [6.45, 7) is 10.8. The van der Waals surface area contributed by atoms with E-state index in [1.807, 2.05) is 0 Å². The van der Waals surface area contributed by atoms with Crippen molar-refractivity contribution in [3.63, 3.8) is 0 Å². The third-order valence-corrected chi connectivity index (χ3v) is 4.45. The Labute approximate surface area is 116 Å². The Kier molecular flexibility index (Phi) is 3.72. The van der Waals surface area contributed by atoms with E-state index in [1.54, 1.807) is 0 Å². The summed E-state index contributed by atoms with van der Waals surface area (Å²) in [6, 6.07) is 11.6. The smallest absolute Gasteiger partial charge is 0.0233 e. The van der Waals surface area contributed by atoms with Crippen LogP contribution in [0.1, 0.15) is 18.9 Å². The van der Waals surface area contributed by atoms with Crippen LogP contribution in [0.25, 0.3) is 0 Å². The number of likely N-dealkylation sites (tertiary alicyclic amines) is 1. The van der Waals surface area contributed by atoms with Gasteiger partial charge in [0.15, 0.2) is 0 Å². The van der Waals surface area contributed by atoms with Crippen LogP contribution in [-0.4, -0.2) is 30.6 Å². The Morgan fingerprint density at radius 1 is 1.26 bits per heavy atom. The predicted octanol–water partition coefficient (Wildman–Crippen LogP) is 2.67. The molecular formula is C17H24N2. The molecule has 1 aliphatic carbocycles. The van der Waals surface area contributed by atoms with Gasteiger partial charge < -0.3 is 5.32 Å². The highest BCUT2D eigenvalue weighted by atomic mass is 15.2. The van der Waals surface area contributed by atoms with E-state index < -0.39 is 0 Å². The van der Waals surface area contributed by atoms with Crippen LogP contribution < -0.4 is 5.32 Å². The second kappa shape index (κ2) is 5.48. The lowest BCUT2D eigenvalue weighted by molar-refractivity contribution is 0.282. The van der Waals surface area contributed by atoms with Gasteiger partial charge in [-0.25, -0.2) is 0 Å². The molecule has 0 radical (unpaired) electrons. The standard InChI is InChI=1S/C17H24N2/c1-13(2)8-9-18-17-15-11-19(12-16(15)17)10-14-6-4-3-5-7-14/h3-7,15-18H,1,8-12H2,2H3. The van der Waals surface area contributed by atoms with Gasteiger partial charge >= 0.3 is 0 Å². The molecule has 102 valence electrons. The number of nitrogens with zero attached hydrogens (tertiary/aromatic N) is 1. The van der Waals surface area contributed by atoms with E-state index in [4.69, 9.17) is 0 Å². The Morgan fingerprint density at radius 2 is 1.95 bits per heavy atom. The van der Waals surface area contributed by atoms with Crippen molar-refractivity contribution >= 4 is 0 Å². The van der Waals surface area contributed by atoms with E-state index in [-0.39, 0.29) is 0 Å². The zero-order valence-electron chi connectivity index (χ0n) is 11.8. The molecule has 1 aliphatic heterocycles. The molecule has 2 atom stereocenters. The van der Waals surface area contributed by atoms with Crippen molar-refractivity contribution in [2.24, 2.45) is 11.8 Å². The van der Waals surface area contributed by atoms with Gasteiger partial charge in [-0.05, 0) is 37.3 Å². The highest BCUT2D eigenvalue weighted by molar-refractivity contribution is 5.17. The molecule has 3 rings (SSSR count). The first-order valence-corrected chi connectivity index (χ1v) is 7.38. The van der Waals surface area contributed by atoms with Crippen LogP contribution >= 0.6 is 0 Å². The largest absolute Gasteiger partial charge is 0.313 e. The van der Waals surface area contributed by atoms with Crippen molar-refractivity contribution in [3.05, 3.63) is 48.0 Å². The molecule has 2 nitrogen and oxygen atoms in total. The van der Waals surface area contributed by atoms with E-state index in [0.29, 0.717) is 0 Å². The predicted molar refractivity (Wildman–Crippen MR) is 79.9 cm³/mol. The molecule has 0 bridgehead atoms. The maximum atomic E-state index is 3.96. The molecule has 2 unspecified atom stereocenters. The first-order chi connectivity index (χ1) is 9.24. The number of hydrogen-bond donors (Lipinski definition) is 1. The lowest BCUT2D eigenvalue weighted by atomic mass is 10.2. The third kappa shape index (κ3) is 3.07. The van der Waals surface area contributed by atoms with Gasteiger partial charge in [0.1, 0.15) is 0 Å². The summed E-state index contributed by atoms with van der Waals surface area (Å²) in [5.74, 6) is 1.79. The average Bonchev–Trinajstić information content (AvgIpc) is 2.84. The lowest BCUT2D eigenvalue weighted by Crippen LogP contribution is -2.31. The van der Waals surface area contributed by atoms with Crippen LogP contribution in [-0.2, 0) is 6.54 Å². The van der Waals surface area contributed by atoms with Gasteiger partial charge in [-0.15, -0.1) is 6.58 Å². The Balaban J connectivity index is 1.40. The van der Waals surface area contributed by atoms with Gasteiger partial charge in [0, 0.05) is 25.7 Å². The summed E-state index contributed by atoms with van der Waals surface area (Å²) in [4.78, 5) is 2.60. The zero-order valence-corrected chi connectivity index (χ0v) is 11.8. The fourth-order valence-corrected chi connectivity index (χ4v) is 3.34. The van der Waals surface area contributed by atoms with Gasteiger partial charge in [0.05, 0.1) is 0 Å². The van der Waals surface area contributed by atoms with E-state index in [0.717, 1.165) is 37.4 Å². The maximum Gasteiger partial charge on any atom is 0.0233 e. The molecule has 1 aromatic carbocycles. The average molecular weight is 256 g/mol. The number of benzene rings is 1. The van der Waals surface area contributed by atoms with Crippen LogP contribution in [0.4, 0.5) is 0 Å². The van der Waals surface area contributed by atoms with Crippen LogP contribution in [0.15, 0.2) is 42.5 Å². The first kappa shape index (κ1) is 12.9. The third-order valence-electron chi connectivity index (χ3n) is 4.45. The van der Waals surface area contributed by atoms with Gasteiger partial charge in [-0.2, -0.15) is 0 Å². The van der Waals surface area contributed by atoms with Crippen molar-refractivity contribution in [2.45, 2.75) is 25.9 Å². The van der Waals surface area contributed by atoms with E-state index in [2.05, 4.69) is 54.1 Å². The minimum atomic E-state index is 0.784. The number of rotatable bonds is 6. The molecule has 0 aromatic heterocycles. The summed E-state index contributed by atoms with van der Waals surface area (Å²) in [7, 11) is 0. The van der Waals surface area contributed by atoms with Gasteiger partial charge in [0.2, 0.25) is 0 Å². The number of piperidine rings is 1. The normalized spacial score (nSPS) is 29.2. The quantitative estimate of drug-likeness (QED) is 0.787. The topological polar surface area (TPSA) is 15.3 Å².